The standard InChI is InChI=1S/C103H178O16P2/c1-4-7-10-13-16-19-22-25-28-31-34-37-40-42-44-45-46-47-48-49-50-51-53-55-57-59-62-65-68-71-74-77-80-83-86-89-101(106)113-92-98(104)93-115-120(109,110)116-94-99(105)95-117-121(111,112)118-97-100(119-103(108)91-88-85-82-79-76-73-70-67-64-61-56-39-36-33-30-27-24-21-18-15-12-9-6-3)96-114-102(107)90-87-84-81-78-75-72-69-66-63-60-58-54-52-43-41-38-35-32-29-26-23-20-17-14-11-8-5-2/h8,11,16-21,25-30,34-39,42-44,52,61,64,98-100,104-105H,4-7,9-10,12-15,22-24,31-33,40-41,45-51,53-60,62-63,65-97H2,1-3H3,(H,109,110)(H,111,112)/b11-8-,19-16-,20-17-,21-18-,28-25-,29-26-,30-27-,37-34-,38-35-,39-36-,44-42-,52-43-,64-61-. The summed E-state index contributed by atoms with van der Waals surface area (Å²) < 4.78 is 61.6. The molecule has 0 spiro atoms. The van der Waals surface area contributed by atoms with E-state index in [0.717, 1.165) is 167 Å². The highest BCUT2D eigenvalue weighted by atomic mass is 31.2. The normalized spacial score (nSPS) is 14.4. The van der Waals surface area contributed by atoms with Crippen LogP contribution >= 0.6 is 15.6 Å². The number of hydrogen-bond acceptors (Lipinski definition) is 14. The molecule has 0 amide bonds. The van der Waals surface area contributed by atoms with E-state index >= 15 is 0 Å². The monoisotopic (exact) mass is 1730 g/mol. The van der Waals surface area contributed by atoms with E-state index in [2.05, 4.69) is 179 Å². The van der Waals surface area contributed by atoms with Gasteiger partial charge in [0.1, 0.15) is 25.4 Å². The number of carbonyl (C=O) groups is 3. The smallest absolute Gasteiger partial charge is 0.463 e. The Morgan fingerprint density at radius 3 is 0.694 bits per heavy atom. The first kappa shape index (κ1) is 116. The molecule has 0 heterocycles. The summed E-state index contributed by atoms with van der Waals surface area (Å²) in [5, 5.41) is 20.8. The van der Waals surface area contributed by atoms with Crippen molar-refractivity contribution in [2.75, 3.05) is 39.6 Å². The van der Waals surface area contributed by atoms with Gasteiger partial charge < -0.3 is 34.2 Å². The first-order valence-electron chi connectivity index (χ1n) is 48.8. The number of aliphatic hydroxyl groups is 2. The number of phosphoric acid groups is 2. The van der Waals surface area contributed by atoms with Gasteiger partial charge in [0.05, 0.1) is 26.4 Å². The number of allylic oxidation sites excluding steroid dienone is 26. The van der Waals surface area contributed by atoms with E-state index in [4.69, 9.17) is 32.3 Å². The zero-order valence-electron chi connectivity index (χ0n) is 76.9. The minimum absolute atomic E-state index is 0.0885. The van der Waals surface area contributed by atoms with Crippen molar-refractivity contribution in [3.63, 3.8) is 0 Å². The van der Waals surface area contributed by atoms with Gasteiger partial charge in [-0.05, 0) is 154 Å². The lowest BCUT2D eigenvalue weighted by atomic mass is 10.0. The quantitative estimate of drug-likeness (QED) is 0.0146. The minimum atomic E-state index is -4.95. The molecule has 0 aliphatic rings. The van der Waals surface area contributed by atoms with Gasteiger partial charge in [-0.2, -0.15) is 0 Å². The van der Waals surface area contributed by atoms with Crippen molar-refractivity contribution < 1.29 is 75.8 Å². The van der Waals surface area contributed by atoms with Crippen LogP contribution in [0, 0.1) is 0 Å². The van der Waals surface area contributed by atoms with E-state index in [1.54, 1.807) is 0 Å². The molecule has 121 heavy (non-hydrogen) atoms. The van der Waals surface area contributed by atoms with Gasteiger partial charge in [0, 0.05) is 19.3 Å². The van der Waals surface area contributed by atoms with E-state index in [1.165, 1.54) is 193 Å². The molecule has 0 saturated heterocycles. The summed E-state index contributed by atoms with van der Waals surface area (Å²) >= 11 is 0. The summed E-state index contributed by atoms with van der Waals surface area (Å²) in [7, 11) is -9.82. The molecule has 18 heteroatoms. The molecule has 696 valence electrons. The highest BCUT2D eigenvalue weighted by Crippen LogP contribution is 2.45. The predicted molar refractivity (Wildman–Crippen MR) is 509 cm³/mol. The molecule has 16 nitrogen and oxygen atoms in total. The van der Waals surface area contributed by atoms with Crippen LogP contribution in [-0.4, -0.2) is 95.9 Å². The van der Waals surface area contributed by atoms with E-state index < -0.39 is 91.5 Å². The first-order chi connectivity index (χ1) is 59.2. The van der Waals surface area contributed by atoms with Crippen molar-refractivity contribution in [1.82, 2.24) is 0 Å². The van der Waals surface area contributed by atoms with Crippen LogP contribution < -0.4 is 0 Å². The van der Waals surface area contributed by atoms with Crippen LogP contribution in [0.15, 0.2) is 158 Å². The zero-order valence-corrected chi connectivity index (χ0v) is 78.7. The average molecular weight is 1730 g/mol. The molecular weight excluding hydrogens is 1560 g/mol. The summed E-state index contributed by atoms with van der Waals surface area (Å²) in [5.74, 6) is -1.58. The molecule has 0 aromatic carbocycles. The van der Waals surface area contributed by atoms with Gasteiger partial charge in [-0.25, -0.2) is 9.13 Å². The number of esters is 3. The number of rotatable bonds is 92. The number of carbonyl (C=O) groups excluding carboxylic acids is 3. The number of aliphatic hydroxyl groups excluding tert-OH is 2. The maximum Gasteiger partial charge on any atom is 0.472 e. The molecule has 4 N–H and O–H groups in total. The van der Waals surface area contributed by atoms with Crippen LogP contribution in [0.1, 0.15) is 419 Å². The molecule has 0 aliphatic heterocycles. The summed E-state index contributed by atoms with van der Waals surface area (Å²) in [4.78, 5) is 59.1. The van der Waals surface area contributed by atoms with E-state index in [-0.39, 0.29) is 19.3 Å². The number of phosphoric ester groups is 2. The van der Waals surface area contributed by atoms with Gasteiger partial charge in [0.25, 0.3) is 0 Å². The van der Waals surface area contributed by atoms with Crippen molar-refractivity contribution in [1.29, 1.82) is 0 Å². The van der Waals surface area contributed by atoms with Crippen molar-refractivity contribution in [3.05, 3.63) is 158 Å². The fraction of sp³-hybridized carbons (Fsp3) is 0.718. The average Bonchev–Trinajstić information content (AvgIpc) is 0.893. The predicted octanol–water partition coefficient (Wildman–Crippen LogP) is 30.5. The van der Waals surface area contributed by atoms with Gasteiger partial charge in [-0.3, -0.25) is 32.5 Å². The second-order valence-corrected chi connectivity index (χ2v) is 35.4. The Bertz CT molecular complexity index is 2830. The molecule has 0 aliphatic carbocycles. The van der Waals surface area contributed by atoms with Crippen LogP contribution in [0.4, 0.5) is 0 Å². The number of hydrogen-bond donors (Lipinski definition) is 4. The van der Waals surface area contributed by atoms with Gasteiger partial charge in [0.15, 0.2) is 6.10 Å². The largest absolute Gasteiger partial charge is 0.472 e. The van der Waals surface area contributed by atoms with Crippen LogP contribution in [0.2, 0.25) is 0 Å². The number of ether oxygens (including phenoxy) is 3. The molecule has 0 bridgehead atoms. The Balaban J connectivity index is 4.55. The van der Waals surface area contributed by atoms with Crippen molar-refractivity contribution >= 4 is 33.6 Å². The molecular formula is C103H178O16P2. The summed E-state index contributed by atoms with van der Waals surface area (Å²) in [5.41, 5.74) is 0. The lowest BCUT2D eigenvalue weighted by Gasteiger charge is -2.21. The second kappa shape index (κ2) is 94.3. The Labute approximate surface area is 740 Å². The molecule has 0 saturated carbocycles. The van der Waals surface area contributed by atoms with Gasteiger partial charge >= 0.3 is 33.6 Å². The Hall–Kier alpha value is -4.83. The lowest BCUT2D eigenvalue weighted by molar-refractivity contribution is -0.161. The van der Waals surface area contributed by atoms with Crippen LogP contribution in [0.25, 0.3) is 0 Å². The lowest BCUT2D eigenvalue weighted by Crippen LogP contribution is -2.30. The van der Waals surface area contributed by atoms with Gasteiger partial charge in [-0.15, -0.1) is 0 Å². The fourth-order valence-corrected chi connectivity index (χ4v) is 14.9. The summed E-state index contributed by atoms with van der Waals surface area (Å²) in [6.07, 6.45) is 122. The Morgan fingerprint density at radius 2 is 0.438 bits per heavy atom. The molecule has 0 fully saturated rings. The van der Waals surface area contributed by atoms with E-state index in [9.17, 15) is 43.5 Å². The van der Waals surface area contributed by atoms with Crippen molar-refractivity contribution in [3.8, 4) is 0 Å². The zero-order chi connectivity index (χ0) is 87.9. The highest BCUT2D eigenvalue weighted by molar-refractivity contribution is 7.47. The molecule has 0 radical (unpaired) electrons. The second-order valence-electron chi connectivity index (χ2n) is 32.5. The summed E-state index contributed by atoms with van der Waals surface area (Å²) in [6, 6.07) is 0. The topological polar surface area (TPSA) is 231 Å². The Kier molecular flexibility index (Phi) is 90.5. The van der Waals surface area contributed by atoms with Crippen LogP contribution in [-0.2, 0) is 55.8 Å². The molecule has 0 rings (SSSR count). The van der Waals surface area contributed by atoms with Crippen molar-refractivity contribution in [2.45, 2.75) is 437 Å². The van der Waals surface area contributed by atoms with Crippen LogP contribution in [0.5, 0.6) is 0 Å². The third-order valence-electron chi connectivity index (χ3n) is 20.7. The molecule has 0 aromatic rings. The molecule has 0 aromatic heterocycles. The highest BCUT2D eigenvalue weighted by Gasteiger charge is 2.30. The van der Waals surface area contributed by atoms with E-state index in [0.29, 0.717) is 19.3 Å². The Morgan fingerprint density at radius 1 is 0.240 bits per heavy atom. The van der Waals surface area contributed by atoms with Gasteiger partial charge in [0.2, 0.25) is 0 Å². The third kappa shape index (κ3) is 95.7. The maximum atomic E-state index is 13.1. The minimum Gasteiger partial charge on any atom is -0.463 e. The SMILES string of the molecule is CC/C=C\C/C=C\C/C=C\C/C=C\C/C=C\CCCCCCCCCCCCCC(=O)OCC(COP(=O)(O)OCC(O)COP(=O)(O)OCC(O)COC(=O)CCCCCCCCCCCCCCCCCCCCC/C=C\C/C=C\C/C=C\C/C=C\CCCCC)OC(=O)CCCCCCCCC/C=C\C/C=C\C/C=C\C/C=C\CCCCC. The molecule has 5 unspecified atom stereocenters. The van der Waals surface area contributed by atoms with Gasteiger partial charge in [-0.1, -0.05) is 403 Å². The fourth-order valence-electron chi connectivity index (χ4n) is 13.3. The van der Waals surface area contributed by atoms with Crippen LogP contribution in [0.3, 0.4) is 0 Å². The summed E-state index contributed by atoms with van der Waals surface area (Å²) in [6.45, 7) is 2.56. The third-order valence-corrected chi connectivity index (χ3v) is 22.6. The molecule has 5 atom stereocenters. The van der Waals surface area contributed by atoms with Crippen molar-refractivity contribution in [2.24, 2.45) is 0 Å². The number of unbranched alkanes of at least 4 members (excludes halogenated alkanes) is 43. The van der Waals surface area contributed by atoms with E-state index in [1.807, 2.05) is 0 Å². The first-order valence-corrected chi connectivity index (χ1v) is 51.8. The maximum absolute atomic E-state index is 13.1.